The van der Waals surface area contributed by atoms with E-state index in [0.717, 1.165) is 6.42 Å². The molecule has 0 unspecified atom stereocenters. The number of carbonyl (C=O) groups is 4. The molecule has 0 aromatic heterocycles. The van der Waals surface area contributed by atoms with Crippen LogP contribution in [0.3, 0.4) is 0 Å². The fraction of sp³-hybridized carbons (Fsp3) is 0.304. The number of ether oxygens (including phenoxy) is 1. The highest BCUT2D eigenvalue weighted by molar-refractivity contribution is 6.21. The molecule has 8 heteroatoms. The van der Waals surface area contributed by atoms with Crippen molar-refractivity contribution in [2.24, 2.45) is 0 Å². The Hall–Kier alpha value is -3.55. The summed E-state index contributed by atoms with van der Waals surface area (Å²) in [6, 6.07) is 9.44. The highest BCUT2D eigenvalue weighted by Gasteiger charge is 2.35. The van der Waals surface area contributed by atoms with Crippen molar-refractivity contribution in [3.05, 3.63) is 70.5 Å². The lowest BCUT2D eigenvalue weighted by atomic mass is 10.1. The molecule has 0 spiro atoms. The van der Waals surface area contributed by atoms with Crippen LogP contribution in [0.2, 0.25) is 0 Å². The first kappa shape index (κ1) is 22.1. The van der Waals surface area contributed by atoms with Gasteiger partial charge in [-0.1, -0.05) is 25.5 Å². The van der Waals surface area contributed by atoms with Crippen LogP contribution in [0.15, 0.2) is 42.5 Å². The largest absolute Gasteiger partial charge is 0.452 e. The maximum Gasteiger partial charge on any atom is 0.338 e. The van der Waals surface area contributed by atoms with E-state index in [2.05, 4.69) is 5.32 Å². The number of fused-ring (bicyclic) bond motifs is 1. The summed E-state index contributed by atoms with van der Waals surface area (Å²) in [5, 5.41) is 2.66. The zero-order valence-electron chi connectivity index (χ0n) is 17.3. The summed E-state index contributed by atoms with van der Waals surface area (Å²) in [6.07, 6.45) is 1.54. The molecule has 2 aromatic rings. The van der Waals surface area contributed by atoms with Gasteiger partial charge in [0, 0.05) is 6.54 Å². The Morgan fingerprint density at radius 2 is 1.74 bits per heavy atom. The first-order valence-electron chi connectivity index (χ1n) is 10.0. The average molecular weight is 426 g/mol. The molecule has 1 heterocycles. The first-order chi connectivity index (χ1) is 14.8. The second kappa shape index (κ2) is 9.51. The highest BCUT2D eigenvalue weighted by atomic mass is 19.1. The molecule has 3 amide bonds. The Morgan fingerprint density at radius 1 is 1.06 bits per heavy atom. The fourth-order valence-corrected chi connectivity index (χ4v) is 3.27. The van der Waals surface area contributed by atoms with Gasteiger partial charge in [0.15, 0.2) is 6.61 Å². The fourth-order valence-electron chi connectivity index (χ4n) is 3.27. The Labute approximate surface area is 179 Å². The number of unbranched alkanes of at least 4 members (excludes halogenated alkanes) is 1. The number of halogens is 1. The van der Waals surface area contributed by atoms with Crippen LogP contribution in [-0.4, -0.2) is 41.7 Å². The van der Waals surface area contributed by atoms with E-state index in [9.17, 15) is 23.6 Å². The van der Waals surface area contributed by atoms with Crippen molar-refractivity contribution in [2.75, 3.05) is 13.2 Å². The molecule has 1 N–H and O–H groups in total. The van der Waals surface area contributed by atoms with E-state index in [0.29, 0.717) is 18.5 Å². The summed E-state index contributed by atoms with van der Waals surface area (Å²) >= 11 is 0. The summed E-state index contributed by atoms with van der Waals surface area (Å²) in [5.74, 6) is -2.49. The second-order valence-electron chi connectivity index (χ2n) is 7.29. The molecule has 1 atom stereocenters. The predicted octanol–water partition coefficient (Wildman–Crippen LogP) is 3.26. The van der Waals surface area contributed by atoms with Gasteiger partial charge in [-0.2, -0.15) is 0 Å². The zero-order valence-corrected chi connectivity index (χ0v) is 17.3. The Morgan fingerprint density at radius 3 is 2.42 bits per heavy atom. The second-order valence-corrected chi connectivity index (χ2v) is 7.29. The topological polar surface area (TPSA) is 92.8 Å². The van der Waals surface area contributed by atoms with Gasteiger partial charge in [0.1, 0.15) is 5.82 Å². The SMILES string of the molecule is CCCCN1C(=O)c2ccc(C(=O)OCC(=O)N[C@H](C)c3ccc(F)cc3)cc2C1=O. The minimum absolute atomic E-state index is 0.0802. The summed E-state index contributed by atoms with van der Waals surface area (Å²) < 4.78 is 18.0. The molecule has 162 valence electrons. The molecule has 3 rings (SSSR count). The molecule has 31 heavy (non-hydrogen) atoms. The zero-order chi connectivity index (χ0) is 22.5. The molecule has 0 saturated carbocycles. The van der Waals surface area contributed by atoms with E-state index in [1.165, 1.54) is 35.2 Å². The first-order valence-corrected chi connectivity index (χ1v) is 10.0. The number of benzene rings is 2. The maximum absolute atomic E-state index is 13.0. The van der Waals surface area contributed by atoms with Crippen molar-refractivity contribution >= 4 is 23.7 Å². The molecule has 0 bridgehead atoms. The molecular weight excluding hydrogens is 403 g/mol. The number of hydrogen-bond acceptors (Lipinski definition) is 5. The average Bonchev–Trinajstić information content (AvgIpc) is 3.00. The number of nitrogens with zero attached hydrogens (tertiary/aromatic N) is 1. The molecule has 0 aliphatic carbocycles. The third-order valence-corrected chi connectivity index (χ3v) is 5.02. The lowest BCUT2D eigenvalue weighted by Crippen LogP contribution is -2.31. The van der Waals surface area contributed by atoms with Crippen LogP contribution in [-0.2, 0) is 9.53 Å². The summed E-state index contributed by atoms with van der Waals surface area (Å²) in [6.45, 7) is 3.50. The van der Waals surface area contributed by atoms with Gasteiger partial charge in [-0.25, -0.2) is 9.18 Å². The minimum atomic E-state index is -0.778. The molecule has 0 saturated heterocycles. The molecule has 2 aromatic carbocycles. The van der Waals surface area contributed by atoms with E-state index in [-0.39, 0.29) is 28.4 Å². The van der Waals surface area contributed by atoms with Gasteiger partial charge in [0.25, 0.3) is 17.7 Å². The van der Waals surface area contributed by atoms with Crippen molar-refractivity contribution in [3.63, 3.8) is 0 Å². The van der Waals surface area contributed by atoms with Crippen molar-refractivity contribution in [3.8, 4) is 0 Å². The van der Waals surface area contributed by atoms with E-state index < -0.39 is 30.4 Å². The number of imide groups is 1. The molecule has 7 nitrogen and oxygen atoms in total. The van der Waals surface area contributed by atoms with Gasteiger partial charge in [-0.05, 0) is 49.2 Å². The minimum Gasteiger partial charge on any atom is -0.452 e. The Balaban J connectivity index is 1.59. The lowest BCUT2D eigenvalue weighted by molar-refractivity contribution is -0.124. The van der Waals surface area contributed by atoms with Crippen LogP contribution in [0.4, 0.5) is 4.39 Å². The Bertz CT molecular complexity index is 1020. The van der Waals surface area contributed by atoms with Crippen molar-refractivity contribution in [1.82, 2.24) is 10.2 Å². The molecule has 0 radical (unpaired) electrons. The van der Waals surface area contributed by atoms with Crippen molar-refractivity contribution in [2.45, 2.75) is 32.7 Å². The monoisotopic (exact) mass is 426 g/mol. The van der Waals surface area contributed by atoms with Crippen LogP contribution in [0.1, 0.15) is 69.4 Å². The van der Waals surface area contributed by atoms with E-state index in [1.807, 2.05) is 6.92 Å². The lowest BCUT2D eigenvalue weighted by Gasteiger charge is -2.14. The van der Waals surface area contributed by atoms with Crippen molar-refractivity contribution in [1.29, 1.82) is 0 Å². The van der Waals surface area contributed by atoms with E-state index >= 15 is 0 Å². The summed E-state index contributed by atoms with van der Waals surface area (Å²) in [5.41, 5.74) is 1.19. The summed E-state index contributed by atoms with van der Waals surface area (Å²) in [7, 11) is 0. The number of amides is 3. The normalized spacial score (nSPS) is 13.7. The predicted molar refractivity (Wildman–Crippen MR) is 110 cm³/mol. The maximum atomic E-state index is 13.0. The Kier molecular flexibility index (Phi) is 6.79. The number of nitrogens with one attached hydrogen (secondary N) is 1. The van der Waals surface area contributed by atoms with Gasteiger partial charge in [0.2, 0.25) is 0 Å². The van der Waals surface area contributed by atoms with Gasteiger partial charge in [-0.3, -0.25) is 19.3 Å². The third-order valence-electron chi connectivity index (χ3n) is 5.02. The van der Waals surface area contributed by atoms with Gasteiger partial charge < -0.3 is 10.1 Å². The molecule has 0 fully saturated rings. The smallest absolute Gasteiger partial charge is 0.338 e. The summed E-state index contributed by atoms with van der Waals surface area (Å²) in [4.78, 5) is 50.5. The van der Waals surface area contributed by atoms with Crippen LogP contribution in [0.25, 0.3) is 0 Å². The number of hydrogen-bond donors (Lipinski definition) is 1. The van der Waals surface area contributed by atoms with Crippen LogP contribution < -0.4 is 5.32 Å². The quantitative estimate of drug-likeness (QED) is 0.517. The van der Waals surface area contributed by atoms with Crippen molar-refractivity contribution < 1.29 is 28.3 Å². The molecular formula is C23H23FN2O5. The van der Waals surface area contributed by atoms with E-state index in [4.69, 9.17) is 4.74 Å². The molecule has 1 aliphatic heterocycles. The highest BCUT2D eigenvalue weighted by Crippen LogP contribution is 2.24. The van der Waals surface area contributed by atoms with Gasteiger partial charge >= 0.3 is 5.97 Å². The van der Waals surface area contributed by atoms with Gasteiger partial charge in [-0.15, -0.1) is 0 Å². The van der Waals surface area contributed by atoms with Crippen LogP contribution in [0, 0.1) is 5.82 Å². The standard InChI is InChI=1S/C23H23FN2O5/c1-3-4-11-26-21(28)18-10-7-16(12-19(18)22(26)29)23(30)31-13-20(27)25-14(2)15-5-8-17(24)9-6-15/h5-10,12,14H,3-4,11,13H2,1-2H3,(H,25,27)/t14-/m1/s1. The third kappa shape index (κ3) is 4.96. The van der Waals surface area contributed by atoms with Crippen LogP contribution in [0.5, 0.6) is 0 Å². The number of esters is 1. The van der Waals surface area contributed by atoms with Crippen LogP contribution >= 0.6 is 0 Å². The molecule has 1 aliphatic rings. The number of rotatable bonds is 8. The van der Waals surface area contributed by atoms with Gasteiger partial charge in [0.05, 0.1) is 22.7 Å². The number of carbonyl (C=O) groups excluding carboxylic acids is 4. The van der Waals surface area contributed by atoms with E-state index in [1.54, 1.807) is 19.1 Å².